The number of anilines is 2. The van der Waals surface area contributed by atoms with Crippen LogP contribution in [0.2, 0.25) is 0 Å². The van der Waals surface area contributed by atoms with E-state index in [1.807, 2.05) is 6.07 Å². The number of carbonyl (C=O) groups is 1. The van der Waals surface area contributed by atoms with E-state index in [0.717, 1.165) is 18.2 Å². The first-order chi connectivity index (χ1) is 9.16. The van der Waals surface area contributed by atoms with Crippen molar-refractivity contribution in [3.8, 4) is 0 Å². The largest absolute Gasteiger partial charge is 0.478 e. The van der Waals surface area contributed by atoms with Crippen molar-refractivity contribution in [3.05, 3.63) is 23.8 Å². The standard InChI is InChI=1S/C15H20N2O2/c16-13-6-5-11(9-12(13)15(18)19)17-8-7-10-3-1-2-4-14(10)17/h5-6,9-10,14H,1-4,7-8,16H2,(H,18,19). The van der Waals surface area contributed by atoms with Gasteiger partial charge in [0.1, 0.15) is 0 Å². The van der Waals surface area contributed by atoms with Gasteiger partial charge in [-0.3, -0.25) is 0 Å². The van der Waals surface area contributed by atoms with Gasteiger partial charge in [-0.1, -0.05) is 12.8 Å². The zero-order valence-corrected chi connectivity index (χ0v) is 11.0. The Morgan fingerprint density at radius 3 is 2.84 bits per heavy atom. The van der Waals surface area contributed by atoms with Crippen molar-refractivity contribution >= 4 is 17.3 Å². The molecule has 0 amide bonds. The van der Waals surface area contributed by atoms with Gasteiger partial charge in [0.2, 0.25) is 0 Å². The summed E-state index contributed by atoms with van der Waals surface area (Å²) in [6, 6.07) is 6.00. The molecule has 19 heavy (non-hydrogen) atoms. The second-order valence-electron chi connectivity index (χ2n) is 5.67. The molecule has 0 bridgehead atoms. The fraction of sp³-hybridized carbons (Fsp3) is 0.533. The van der Waals surface area contributed by atoms with Crippen LogP contribution in [0.4, 0.5) is 11.4 Å². The Hall–Kier alpha value is -1.71. The van der Waals surface area contributed by atoms with Gasteiger partial charge in [0.05, 0.1) is 5.56 Å². The number of hydrogen-bond donors (Lipinski definition) is 2. The summed E-state index contributed by atoms with van der Waals surface area (Å²) in [4.78, 5) is 13.6. The molecule has 4 heteroatoms. The molecular formula is C15H20N2O2. The molecule has 2 unspecified atom stereocenters. The molecule has 2 aliphatic rings. The van der Waals surface area contributed by atoms with Crippen molar-refractivity contribution in [2.24, 2.45) is 5.92 Å². The monoisotopic (exact) mass is 260 g/mol. The number of aromatic carboxylic acids is 1. The Kier molecular flexibility index (Phi) is 3.09. The molecule has 3 N–H and O–H groups in total. The maximum absolute atomic E-state index is 11.2. The van der Waals surface area contributed by atoms with Gasteiger partial charge in [-0.15, -0.1) is 0 Å². The number of nitrogens with two attached hydrogens (primary N) is 1. The Labute approximate surface area is 113 Å². The maximum Gasteiger partial charge on any atom is 0.337 e. The predicted octanol–water partition coefficient (Wildman–Crippen LogP) is 2.74. The van der Waals surface area contributed by atoms with E-state index >= 15 is 0 Å². The van der Waals surface area contributed by atoms with Crippen LogP contribution in [0.15, 0.2) is 18.2 Å². The molecule has 1 saturated carbocycles. The topological polar surface area (TPSA) is 66.6 Å². The van der Waals surface area contributed by atoms with E-state index < -0.39 is 5.97 Å². The molecule has 3 rings (SSSR count). The summed E-state index contributed by atoms with van der Waals surface area (Å²) < 4.78 is 0. The third-order valence-corrected chi connectivity index (χ3v) is 4.61. The highest BCUT2D eigenvalue weighted by molar-refractivity contribution is 5.94. The number of nitrogens with zero attached hydrogens (tertiary/aromatic N) is 1. The molecule has 0 aromatic heterocycles. The van der Waals surface area contributed by atoms with Gasteiger partial charge >= 0.3 is 5.97 Å². The first kappa shape index (κ1) is 12.3. The van der Waals surface area contributed by atoms with Crippen LogP contribution in [0.3, 0.4) is 0 Å². The SMILES string of the molecule is Nc1ccc(N2CCC3CCCCC32)cc1C(=O)O. The highest BCUT2D eigenvalue weighted by atomic mass is 16.4. The quantitative estimate of drug-likeness (QED) is 0.802. The van der Waals surface area contributed by atoms with E-state index in [4.69, 9.17) is 10.8 Å². The van der Waals surface area contributed by atoms with E-state index in [9.17, 15) is 4.79 Å². The highest BCUT2D eigenvalue weighted by Crippen LogP contribution is 2.39. The zero-order valence-electron chi connectivity index (χ0n) is 11.0. The molecule has 1 aliphatic heterocycles. The van der Waals surface area contributed by atoms with Crippen LogP contribution in [0.25, 0.3) is 0 Å². The van der Waals surface area contributed by atoms with Gasteiger partial charge in [0, 0.05) is 24.0 Å². The van der Waals surface area contributed by atoms with Gasteiger partial charge < -0.3 is 15.7 Å². The van der Waals surface area contributed by atoms with Crippen LogP contribution >= 0.6 is 0 Å². The summed E-state index contributed by atoms with van der Waals surface area (Å²) in [5, 5.41) is 9.17. The van der Waals surface area contributed by atoms with E-state index in [-0.39, 0.29) is 5.56 Å². The van der Waals surface area contributed by atoms with Crippen LogP contribution in [0.5, 0.6) is 0 Å². The predicted molar refractivity (Wildman–Crippen MR) is 75.5 cm³/mol. The van der Waals surface area contributed by atoms with E-state index in [2.05, 4.69) is 4.90 Å². The van der Waals surface area contributed by atoms with Gasteiger partial charge in [0.25, 0.3) is 0 Å². The van der Waals surface area contributed by atoms with E-state index in [1.54, 1.807) is 12.1 Å². The zero-order chi connectivity index (χ0) is 13.4. The third-order valence-electron chi connectivity index (χ3n) is 4.61. The van der Waals surface area contributed by atoms with Gasteiger partial charge in [-0.2, -0.15) is 0 Å². The van der Waals surface area contributed by atoms with Gasteiger partial charge in [-0.05, 0) is 43.4 Å². The van der Waals surface area contributed by atoms with Gasteiger partial charge in [-0.25, -0.2) is 4.79 Å². The minimum absolute atomic E-state index is 0.219. The Balaban J connectivity index is 1.90. The average molecular weight is 260 g/mol. The normalized spacial score (nSPS) is 26.2. The maximum atomic E-state index is 11.2. The molecular weight excluding hydrogens is 240 g/mol. The minimum atomic E-state index is -0.946. The van der Waals surface area contributed by atoms with Crippen molar-refractivity contribution < 1.29 is 9.90 Å². The summed E-state index contributed by atoms with van der Waals surface area (Å²) in [6.45, 7) is 1.04. The first-order valence-corrected chi connectivity index (χ1v) is 7.06. The number of fused-ring (bicyclic) bond motifs is 1. The minimum Gasteiger partial charge on any atom is -0.478 e. The molecule has 1 aliphatic carbocycles. The summed E-state index contributed by atoms with van der Waals surface area (Å²) in [7, 11) is 0. The fourth-order valence-electron chi connectivity index (χ4n) is 3.63. The third kappa shape index (κ3) is 2.15. The van der Waals surface area contributed by atoms with Crippen LogP contribution in [-0.2, 0) is 0 Å². The fourth-order valence-corrected chi connectivity index (χ4v) is 3.63. The van der Waals surface area contributed by atoms with Crippen LogP contribution < -0.4 is 10.6 Å². The molecule has 4 nitrogen and oxygen atoms in total. The molecule has 102 valence electrons. The molecule has 1 aromatic carbocycles. The van der Waals surface area contributed by atoms with Crippen molar-refractivity contribution in [1.82, 2.24) is 0 Å². The molecule has 0 spiro atoms. The van der Waals surface area contributed by atoms with Gasteiger partial charge in [0.15, 0.2) is 0 Å². The molecule has 1 aromatic rings. The molecule has 1 saturated heterocycles. The van der Waals surface area contributed by atoms with Crippen molar-refractivity contribution in [3.63, 3.8) is 0 Å². The number of rotatable bonds is 2. The lowest BCUT2D eigenvalue weighted by Gasteiger charge is -2.33. The Morgan fingerprint density at radius 1 is 1.26 bits per heavy atom. The van der Waals surface area contributed by atoms with Crippen molar-refractivity contribution in [2.45, 2.75) is 38.1 Å². The lowest BCUT2D eigenvalue weighted by molar-refractivity contribution is 0.0698. The number of benzene rings is 1. The molecule has 0 radical (unpaired) electrons. The summed E-state index contributed by atoms with van der Waals surface area (Å²) >= 11 is 0. The van der Waals surface area contributed by atoms with E-state index in [1.165, 1.54) is 32.1 Å². The number of hydrogen-bond acceptors (Lipinski definition) is 3. The first-order valence-electron chi connectivity index (χ1n) is 7.06. The molecule has 2 atom stereocenters. The van der Waals surface area contributed by atoms with Crippen molar-refractivity contribution in [2.75, 3.05) is 17.2 Å². The van der Waals surface area contributed by atoms with Crippen LogP contribution in [0.1, 0.15) is 42.5 Å². The number of carboxylic acids is 1. The summed E-state index contributed by atoms with van der Waals surface area (Å²) in [5.74, 6) is -0.154. The second kappa shape index (κ2) is 4.76. The highest BCUT2D eigenvalue weighted by Gasteiger charge is 2.35. The van der Waals surface area contributed by atoms with E-state index in [0.29, 0.717) is 11.7 Å². The lowest BCUT2D eigenvalue weighted by Crippen LogP contribution is -2.34. The summed E-state index contributed by atoms with van der Waals surface area (Å²) in [6.07, 6.45) is 6.42. The molecule has 2 fully saturated rings. The summed E-state index contributed by atoms with van der Waals surface area (Å²) in [5.41, 5.74) is 7.30. The lowest BCUT2D eigenvalue weighted by atomic mass is 9.85. The Morgan fingerprint density at radius 2 is 2.05 bits per heavy atom. The molecule has 1 heterocycles. The van der Waals surface area contributed by atoms with Crippen LogP contribution in [0, 0.1) is 5.92 Å². The van der Waals surface area contributed by atoms with Crippen molar-refractivity contribution in [1.29, 1.82) is 0 Å². The second-order valence-corrected chi connectivity index (χ2v) is 5.67. The Bertz CT molecular complexity index is 501. The number of nitrogen functional groups attached to an aromatic ring is 1. The van der Waals surface area contributed by atoms with Crippen LogP contribution in [-0.4, -0.2) is 23.7 Å². The smallest absolute Gasteiger partial charge is 0.337 e. The number of carboxylic acid groups (broad SMARTS) is 1. The average Bonchev–Trinajstić information content (AvgIpc) is 2.83.